The van der Waals surface area contributed by atoms with Gasteiger partial charge in [-0.05, 0) is 56.2 Å². The van der Waals surface area contributed by atoms with Gasteiger partial charge < -0.3 is 30.9 Å². The van der Waals surface area contributed by atoms with E-state index < -0.39 is 6.09 Å². The Bertz CT molecular complexity index is 747. The summed E-state index contributed by atoms with van der Waals surface area (Å²) in [6.07, 6.45) is 3.43. The number of aliphatic imine (C=N–C) groups is 1. The number of hydrogen-bond acceptors (Lipinski definition) is 4. The van der Waals surface area contributed by atoms with Gasteiger partial charge in [0, 0.05) is 12.1 Å². The zero-order valence-corrected chi connectivity index (χ0v) is 19.1. The number of ether oxygens (including phenoxy) is 2. The third kappa shape index (κ3) is 10.6. The van der Waals surface area contributed by atoms with Crippen molar-refractivity contribution in [1.82, 2.24) is 10.6 Å². The van der Waals surface area contributed by atoms with Crippen LogP contribution in [-0.4, -0.2) is 49.4 Å². The maximum atomic E-state index is 12.0. The van der Waals surface area contributed by atoms with Crippen LogP contribution in [0.1, 0.15) is 52.0 Å². The van der Waals surface area contributed by atoms with Gasteiger partial charge in [0.05, 0.1) is 20.6 Å². The van der Waals surface area contributed by atoms with Crippen molar-refractivity contribution in [3.8, 4) is 11.5 Å². The van der Waals surface area contributed by atoms with Crippen LogP contribution >= 0.6 is 0 Å². The molecule has 1 saturated carbocycles. The predicted octanol–water partition coefficient (Wildman–Crippen LogP) is 2.92. The lowest BCUT2D eigenvalue weighted by molar-refractivity contribution is -0.117. The first-order chi connectivity index (χ1) is 14.6. The summed E-state index contributed by atoms with van der Waals surface area (Å²) in [5.41, 5.74) is 6.57. The molecule has 1 aliphatic rings. The Labute approximate surface area is 184 Å². The quantitative estimate of drug-likeness (QED) is 0.363. The minimum Gasteiger partial charge on any atom is -0.493 e. The zero-order valence-electron chi connectivity index (χ0n) is 19.1. The van der Waals surface area contributed by atoms with E-state index in [1.165, 1.54) is 6.42 Å². The summed E-state index contributed by atoms with van der Waals surface area (Å²) in [5.74, 6) is 1.60. The number of carbonyl (C=O) groups is 2. The van der Waals surface area contributed by atoms with E-state index >= 15 is 0 Å². The minimum absolute atomic E-state index is 0.154. The number of carbonyl (C=O) groups excluding carboxylic acids is 1. The Hall–Kier alpha value is -2.97. The Morgan fingerprint density at radius 3 is 2.29 bits per heavy atom. The smallest absolute Gasteiger partial charge is 0.404 e. The Kier molecular flexibility index (Phi) is 11.2. The van der Waals surface area contributed by atoms with Crippen LogP contribution in [0.3, 0.4) is 0 Å². The molecule has 31 heavy (non-hydrogen) atoms. The van der Waals surface area contributed by atoms with Gasteiger partial charge in [0.15, 0.2) is 17.5 Å². The Morgan fingerprint density at radius 2 is 1.84 bits per heavy atom. The lowest BCUT2D eigenvalue weighted by atomic mass is 9.93. The minimum atomic E-state index is -0.894. The fourth-order valence-electron chi connectivity index (χ4n) is 3.12. The van der Waals surface area contributed by atoms with E-state index in [1.807, 2.05) is 6.92 Å². The highest BCUT2D eigenvalue weighted by Gasteiger charge is 2.18. The second-order valence-corrected chi connectivity index (χ2v) is 8.01. The molecular weight excluding hydrogens is 400 g/mol. The SMILES string of the molecule is COc1ccc(CC(=O)N=C(N)N[C@H](C)CC(C)C)cc1OC.O=C(O)NC1CCC1. The average Bonchev–Trinajstić information content (AvgIpc) is 2.64. The molecule has 1 aromatic carbocycles. The molecule has 0 saturated heterocycles. The average molecular weight is 437 g/mol. The van der Waals surface area contributed by atoms with Crippen molar-refractivity contribution in [3.05, 3.63) is 23.8 Å². The molecule has 2 amide bonds. The van der Waals surface area contributed by atoms with Gasteiger partial charge in [-0.15, -0.1) is 0 Å². The molecule has 1 atom stereocenters. The lowest BCUT2D eigenvalue weighted by Crippen LogP contribution is -2.39. The van der Waals surface area contributed by atoms with E-state index in [9.17, 15) is 9.59 Å². The lowest BCUT2D eigenvalue weighted by Gasteiger charge is -2.24. The molecule has 0 bridgehead atoms. The van der Waals surface area contributed by atoms with Gasteiger partial charge >= 0.3 is 6.09 Å². The molecule has 0 heterocycles. The van der Waals surface area contributed by atoms with Crippen LogP contribution in [-0.2, 0) is 11.2 Å². The third-order valence-corrected chi connectivity index (χ3v) is 4.70. The van der Waals surface area contributed by atoms with Crippen molar-refractivity contribution < 1.29 is 24.2 Å². The van der Waals surface area contributed by atoms with E-state index in [4.69, 9.17) is 20.3 Å². The van der Waals surface area contributed by atoms with Crippen molar-refractivity contribution in [2.45, 2.75) is 65.0 Å². The molecule has 1 fully saturated rings. The molecule has 9 nitrogen and oxygen atoms in total. The monoisotopic (exact) mass is 436 g/mol. The first-order valence-corrected chi connectivity index (χ1v) is 10.5. The number of rotatable bonds is 8. The van der Waals surface area contributed by atoms with Crippen molar-refractivity contribution >= 4 is 18.0 Å². The van der Waals surface area contributed by atoms with Crippen LogP contribution in [0, 0.1) is 5.92 Å². The highest BCUT2D eigenvalue weighted by molar-refractivity contribution is 5.93. The summed E-state index contributed by atoms with van der Waals surface area (Å²) >= 11 is 0. The second-order valence-electron chi connectivity index (χ2n) is 8.01. The number of benzene rings is 1. The summed E-state index contributed by atoms with van der Waals surface area (Å²) in [6, 6.07) is 5.76. The Balaban J connectivity index is 0.000000500. The number of methoxy groups -OCH3 is 2. The van der Waals surface area contributed by atoms with Gasteiger partial charge in [-0.2, -0.15) is 4.99 Å². The molecule has 0 unspecified atom stereocenters. The maximum Gasteiger partial charge on any atom is 0.404 e. The van der Waals surface area contributed by atoms with Crippen molar-refractivity contribution in [3.63, 3.8) is 0 Å². The van der Waals surface area contributed by atoms with Gasteiger partial charge in [-0.25, -0.2) is 4.79 Å². The number of nitrogens with two attached hydrogens (primary N) is 1. The fraction of sp³-hybridized carbons (Fsp3) is 0.591. The zero-order chi connectivity index (χ0) is 23.4. The molecule has 9 heteroatoms. The number of guanidine groups is 1. The van der Waals surface area contributed by atoms with E-state index in [0.717, 1.165) is 24.8 Å². The second kappa shape index (κ2) is 13.4. The standard InChI is InChI=1S/C17H27N3O3.C5H9NO2/c1-11(2)8-12(3)19-17(18)20-16(21)10-13-6-7-14(22-4)15(9-13)23-5;7-5(8)6-4-2-1-3-4/h6-7,9,11-12H,8,10H2,1-5H3,(H3,18,19,20,21);4,6H,1-3H2,(H,7,8)/t12-;/m1./s1. The van der Waals surface area contributed by atoms with Gasteiger partial charge in [0.2, 0.25) is 0 Å². The molecule has 5 N–H and O–H groups in total. The molecular formula is C22H36N4O5. The number of amides is 2. The number of carboxylic acid groups (broad SMARTS) is 1. The van der Waals surface area contributed by atoms with Crippen LogP contribution in [0.4, 0.5) is 4.79 Å². The number of nitrogens with one attached hydrogen (secondary N) is 2. The van der Waals surface area contributed by atoms with E-state index in [1.54, 1.807) is 32.4 Å². The first-order valence-electron chi connectivity index (χ1n) is 10.5. The van der Waals surface area contributed by atoms with Gasteiger partial charge in [0.25, 0.3) is 5.91 Å². The molecule has 0 aliphatic heterocycles. The van der Waals surface area contributed by atoms with Crippen LogP contribution in [0.15, 0.2) is 23.2 Å². The maximum absolute atomic E-state index is 12.0. The summed E-state index contributed by atoms with van der Waals surface area (Å²) in [5, 5.41) is 13.6. The van der Waals surface area contributed by atoms with Gasteiger partial charge in [0.1, 0.15) is 0 Å². The molecule has 2 rings (SSSR count). The van der Waals surface area contributed by atoms with E-state index in [0.29, 0.717) is 17.4 Å². The summed E-state index contributed by atoms with van der Waals surface area (Å²) in [4.78, 5) is 25.8. The van der Waals surface area contributed by atoms with Gasteiger partial charge in [-0.1, -0.05) is 19.9 Å². The number of hydrogen-bond donors (Lipinski definition) is 4. The largest absolute Gasteiger partial charge is 0.493 e. The van der Waals surface area contributed by atoms with Crippen molar-refractivity contribution in [1.29, 1.82) is 0 Å². The summed E-state index contributed by atoms with van der Waals surface area (Å²) in [6.45, 7) is 6.28. The van der Waals surface area contributed by atoms with Crippen LogP contribution in [0.25, 0.3) is 0 Å². The molecule has 0 spiro atoms. The first kappa shape index (κ1) is 26.1. The topological polar surface area (TPSA) is 135 Å². The number of nitrogens with zero attached hydrogens (tertiary/aromatic N) is 1. The summed E-state index contributed by atoms with van der Waals surface area (Å²) in [7, 11) is 3.12. The van der Waals surface area contributed by atoms with Gasteiger partial charge in [-0.3, -0.25) is 4.79 Å². The molecule has 1 aromatic rings. The van der Waals surface area contributed by atoms with Crippen LogP contribution < -0.4 is 25.8 Å². The molecule has 1 aliphatic carbocycles. The van der Waals surface area contributed by atoms with E-state index in [-0.39, 0.29) is 30.4 Å². The highest BCUT2D eigenvalue weighted by atomic mass is 16.5. The molecule has 174 valence electrons. The van der Waals surface area contributed by atoms with Crippen LogP contribution in [0.2, 0.25) is 0 Å². The Morgan fingerprint density at radius 1 is 1.19 bits per heavy atom. The predicted molar refractivity (Wildman–Crippen MR) is 121 cm³/mol. The molecule has 0 radical (unpaired) electrons. The highest BCUT2D eigenvalue weighted by Crippen LogP contribution is 2.27. The van der Waals surface area contributed by atoms with E-state index in [2.05, 4.69) is 29.5 Å². The molecule has 0 aromatic heterocycles. The van der Waals surface area contributed by atoms with Crippen molar-refractivity contribution in [2.75, 3.05) is 14.2 Å². The fourth-order valence-corrected chi connectivity index (χ4v) is 3.12. The normalized spacial score (nSPS) is 14.6. The van der Waals surface area contributed by atoms with Crippen molar-refractivity contribution in [2.24, 2.45) is 16.6 Å². The third-order valence-electron chi connectivity index (χ3n) is 4.70. The summed E-state index contributed by atoms with van der Waals surface area (Å²) < 4.78 is 10.4. The van der Waals surface area contributed by atoms with Crippen LogP contribution in [0.5, 0.6) is 11.5 Å².